The molecule has 0 saturated heterocycles. The van der Waals surface area contributed by atoms with E-state index in [-0.39, 0.29) is 5.97 Å². The number of hydrogen-bond acceptors (Lipinski definition) is 7. The lowest BCUT2D eigenvalue weighted by molar-refractivity contribution is -0.146. The predicted molar refractivity (Wildman–Crippen MR) is 109 cm³/mol. The van der Waals surface area contributed by atoms with Crippen molar-refractivity contribution >= 4 is 17.6 Å². The van der Waals surface area contributed by atoms with Crippen LogP contribution in [0.1, 0.15) is 43.2 Å². The molecule has 1 aromatic carbocycles. The zero-order valence-corrected chi connectivity index (χ0v) is 17.0. The van der Waals surface area contributed by atoms with Crippen LogP contribution in [0, 0.1) is 30.1 Å². The molecular weight excluding hydrogens is 368 g/mol. The monoisotopic (exact) mass is 390 g/mol. The maximum absolute atomic E-state index is 11.9. The molecule has 8 heteroatoms. The van der Waals surface area contributed by atoms with E-state index in [4.69, 9.17) is 15.7 Å². The summed E-state index contributed by atoms with van der Waals surface area (Å²) in [7, 11) is 1.39. The molecule has 0 spiro atoms. The molecule has 8 nitrogen and oxygen atoms in total. The van der Waals surface area contributed by atoms with Crippen molar-refractivity contribution in [2.75, 3.05) is 12.8 Å². The lowest BCUT2D eigenvalue weighted by Gasteiger charge is -2.21. The number of anilines is 1. The number of esters is 1. The Morgan fingerprint density at radius 2 is 1.86 bits per heavy atom. The number of fused-ring (bicyclic) bond motifs is 1. The van der Waals surface area contributed by atoms with E-state index in [1.807, 2.05) is 45.0 Å². The Labute approximate surface area is 169 Å². The fraction of sp³-hybridized carbons (Fsp3) is 0.286. The zero-order chi connectivity index (χ0) is 21.6. The molecule has 0 unspecified atom stereocenters. The van der Waals surface area contributed by atoms with Gasteiger partial charge in [-0.1, -0.05) is 24.0 Å². The zero-order valence-electron chi connectivity index (χ0n) is 17.0. The van der Waals surface area contributed by atoms with Gasteiger partial charge >= 0.3 is 5.97 Å². The number of methoxy groups -OCH3 is 1. The van der Waals surface area contributed by atoms with Crippen LogP contribution in [0.5, 0.6) is 0 Å². The van der Waals surface area contributed by atoms with Gasteiger partial charge in [-0.3, -0.25) is 4.79 Å². The quantitative estimate of drug-likeness (QED) is 0.527. The number of aryl methyl sites for hydroxylation is 1. The molecule has 0 aliphatic rings. The number of rotatable bonds is 2. The van der Waals surface area contributed by atoms with Gasteiger partial charge < -0.3 is 10.5 Å². The SMILES string of the molecule is CC#N.COC(=O)C(C)(C)c1ccc(C#Cc2c(C)nc3ncnn3c2N)cc1. The van der Waals surface area contributed by atoms with Crippen LogP contribution in [-0.4, -0.2) is 32.7 Å². The van der Waals surface area contributed by atoms with E-state index in [2.05, 4.69) is 26.9 Å². The molecule has 2 aromatic heterocycles. The molecule has 0 radical (unpaired) electrons. The second-order valence-corrected chi connectivity index (χ2v) is 6.60. The molecule has 148 valence electrons. The largest absolute Gasteiger partial charge is 0.468 e. The van der Waals surface area contributed by atoms with Crippen LogP contribution in [0.4, 0.5) is 5.82 Å². The number of aromatic nitrogens is 4. The van der Waals surface area contributed by atoms with E-state index in [0.717, 1.165) is 11.1 Å². The summed E-state index contributed by atoms with van der Waals surface area (Å²) in [5, 5.41) is 11.4. The highest BCUT2D eigenvalue weighted by Crippen LogP contribution is 2.24. The van der Waals surface area contributed by atoms with Crippen molar-refractivity contribution in [3.8, 4) is 17.9 Å². The minimum Gasteiger partial charge on any atom is -0.468 e. The normalized spacial score (nSPS) is 10.2. The molecule has 0 aliphatic heterocycles. The molecule has 2 N–H and O–H groups in total. The maximum Gasteiger partial charge on any atom is 0.315 e. The van der Waals surface area contributed by atoms with Crippen molar-refractivity contribution in [1.29, 1.82) is 5.26 Å². The fourth-order valence-electron chi connectivity index (χ4n) is 2.61. The molecule has 0 aliphatic carbocycles. The molecule has 0 fully saturated rings. The lowest BCUT2D eigenvalue weighted by atomic mass is 9.84. The van der Waals surface area contributed by atoms with Crippen LogP contribution in [0.15, 0.2) is 30.6 Å². The van der Waals surface area contributed by atoms with Gasteiger partial charge in [0, 0.05) is 12.5 Å². The Bertz CT molecular complexity index is 1130. The maximum atomic E-state index is 11.9. The Morgan fingerprint density at radius 3 is 2.45 bits per heavy atom. The molecule has 0 bridgehead atoms. The highest BCUT2D eigenvalue weighted by molar-refractivity contribution is 5.82. The summed E-state index contributed by atoms with van der Waals surface area (Å²) in [5.74, 6) is 6.69. The fourth-order valence-corrected chi connectivity index (χ4v) is 2.61. The number of hydrogen-bond donors (Lipinski definition) is 1. The van der Waals surface area contributed by atoms with E-state index in [1.165, 1.54) is 24.9 Å². The first-order chi connectivity index (χ1) is 13.8. The van der Waals surface area contributed by atoms with Gasteiger partial charge in [0.1, 0.15) is 12.1 Å². The van der Waals surface area contributed by atoms with Crippen LogP contribution < -0.4 is 5.73 Å². The molecule has 3 aromatic rings. The third kappa shape index (κ3) is 4.50. The summed E-state index contributed by atoms with van der Waals surface area (Å²) < 4.78 is 6.32. The third-order valence-corrected chi connectivity index (χ3v) is 4.28. The average molecular weight is 390 g/mol. The number of nitrogens with two attached hydrogens (primary N) is 1. The standard InChI is InChI=1S/C19H19N5O2.C2H3N/c1-12-15(16(20)24-18(23-12)21-11-22-24)10-7-13-5-8-14(9-6-13)19(2,3)17(25)26-4;1-2-3/h5-6,8-9,11H,20H2,1-4H3;1H3. The Balaban J connectivity index is 0.000000941. The lowest BCUT2D eigenvalue weighted by Crippen LogP contribution is -2.30. The Hall–Kier alpha value is -3.91. The van der Waals surface area contributed by atoms with Gasteiger partial charge in [0.25, 0.3) is 5.78 Å². The van der Waals surface area contributed by atoms with Gasteiger partial charge in [-0.05, 0) is 38.5 Å². The molecule has 29 heavy (non-hydrogen) atoms. The molecule has 0 amide bonds. The molecule has 2 heterocycles. The molecule has 0 atom stereocenters. The first kappa shape index (κ1) is 21.4. The summed E-state index contributed by atoms with van der Waals surface area (Å²) in [6.07, 6.45) is 1.40. The second kappa shape index (κ2) is 8.85. The van der Waals surface area contributed by atoms with E-state index in [9.17, 15) is 4.79 Å². The number of carbonyl (C=O) groups is 1. The Morgan fingerprint density at radius 1 is 1.24 bits per heavy atom. The molecule has 0 saturated carbocycles. The Kier molecular flexibility index (Phi) is 6.53. The van der Waals surface area contributed by atoms with Gasteiger partial charge in [-0.25, -0.2) is 4.98 Å². The third-order valence-electron chi connectivity index (χ3n) is 4.28. The summed E-state index contributed by atoms with van der Waals surface area (Å²) >= 11 is 0. The van der Waals surface area contributed by atoms with Gasteiger partial charge in [-0.2, -0.15) is 19.9 Å². The van der Waals surface area contributed by atoms with Crippen molar-refractivity contribution in [2.24, 2.45) is 0 Å². The minimum atomic E-state index is -0.718. The second-order valence-electron chi connectivity index (χ2n) is 6.60. The predicted octanol–water partition coefficient (Wildman–Crippen LogP) is 2.40. The van der Waals surface area contributed by atoms with E-state index < -0.39 is 5.41 Å². The van der Waals surface area contributed by atoms with Crippen molar-refractivity contribution < 1.29 is 9.53 Å². The first-order valence-corrected chi connectivity index (χ1v) is 8.73. The number of carbonyl (C=O) groups excluding carboxylic acids is 1. The summed E-state index contributed by atoms with van der Waals surface area (Å²) in [5.41, 5.74) is 8.37. The van der Waals surface area contributed by atoms with E-state index >= 15 is 0 Å². The van der Waals surface area contributed by atoms with Gasteiger partial charge in [0.15, 0.2) is 0 Å². The minimum absolute atomic E-state index is 0.285. The number of nitriles is 1. The number of nitrogens with zero attached hydrogens (tertiary/aromatic N) is 5. The van der Waals surface area contributed by atoms with E-state index in [0.29, 0.717) is 22.9 Å². The summed E-state index contributed by atoms with van der Waals surface area (Å²) in [4.78, 5) is 20.3. The number of ether oxygens (including phenoxy) is 1. The van der Waals surface area contributed by atoms with Crippen molar-refractivity contribution in [3.05, 3.63) is 53.0 Å². The summed E-state index contributed by atoms with van der Waals surface area (Å²) in [6.45, 7) is 6.90. The number of benzene rings is 1. The van der Waals surface area contributed by atoms with Gasteiger partial charge in [0.05, 0.1) is 29.9 Å². The van der Waals surface area contributed by atoms with Crippen LogP contribution >= 0.6 is 0 Å². The smallest absolute Gasteiger partial charge is 0.315 e. The average Bonchev–Trinajstić information content (AvgIpc) is 3.16. The molecule has 3 rings (SSSR count). The van der Waals surface area contributed by atoms with Crippen LogP contribution in [-0.2, 0) is 14.9 Å². The van der Waals surface area contributed by atoms with Gasteiger partial charge in [0.2, 0.25) is 0 Å². The topological polar surface area (TPSA) is 119 Å². The van der Waals surface area contributed by atoms with Crippen molar-refractivity contribution in [3.63, 3.8) is 0 Å². The van der Waals surface area contributed by atoms with Gasteiger partial charge in [-0.15, -0.1) is 0 Å². The van der Waals surface area contributed by atoms with Crippen LogP contribution in [0.3, 0.4) is 0 Å². The van der Waals surface area contributed by atoms with Crippen LogP contribution in [0.25, 0.3) is 5.78 Å². The highest BCUT2D eigenvalue weighted by atomic mass is 16.5. The number of nitrogen functional groups attached to an aromatic ring is 1. The van der Waals surface area contributed by atoms with Crippen molar-refractivity contribution in [2.45, 2.75) is 33.1 Å². The first-order valence-electron chi connectivity index (χ1n) is 8.73. The van der Waals surface area contributed by atoms with Crippen LogP contribution in [0.2, 0.25) is 0 Å². The highest BCUT2D eigenvalue weighted by Gasteiger charge is 2.30. The van der Waals surface area contributed by atoms with Crippen molar-refractivity contribution in [1.82, 2.24) is 19.6 Å². The van der Waals surface area contributed by atoms with E-state index in [1.54, 1.807) is 6.07 Å². The summed E-state index contributed by atoms with van der Waals surface area (Å²) in [6, 6.07) is 9.21. The molecular formula is C21H22N6O2.